The van der Waals surface area contributed by atoms with E-state index in [1.165, 1.54) is 24.3 Å². The largest absolute Gasteiger partial charge is 0.371 e. The van der Waals surface area contributed by atoms with E-state index in [-0.39, 0.29) is 16.1 Å². The van der Waals surface area contributed by atoms with Gasteiger partial charge in [-0.25, -0.2) is 8.42 Å². The average Bonchev–Trinajstić information content (AvgIpc) is 2.73. The summed E-state index contributed by atoms with van der Waals surface area (Å²) >= 11 is 0. The Hall–Kier alpha value is -2.94. The molecule has 1 N–H and O–H groups in total. The highest BCUT2D eigenvalue weighted by atomic mass is 32.2. The Morgan fingerprint density at radius 1 is 1.10 bits per heavy atom. The summed E-state index contributed by atoms with van der Waals surface area (Å²) in [5, 5.41) is 14.1. The number of nitro benzene ring substituents is 1. The van der Waals surface area contributed by atoms with Crippen LogP contribution in [0.1, 0.15) is 48.1 Å². The molecule has 2 aromatic rings. The molecule has 0 aromatic heterocycles. The van der Waals surface area contributed by atoms with E-state index in [1.54, 1.807) is 25.1 Å². The van der Waals surface area contributed by atoms with Crippen LogP contribution in [-0.4, -0.2) is 38.6 Å². The summed E-state index contributed by atoms with van der Waals surface area (Å²) in [4.78, 5) is 26.1. The van der Waals surface area contributed by atoms with Gasteiger partial charge in [0.25, 0.3) is 11.6 Å². The summed E-state index contributed by atoms with van der Waals surface area (Å²) in [6, 6.07) is 10.3. The smallest absolute Gasteiger partial charge is 0.270 e. The maximum absolute atomic E-state index is 13.0. The van der Waals surface area contributed by atoms with Gasteiger partial charge in [0.1, 0.15) is 0 Å². The van der Waals surface area contributed by atoms with Crippen LogP contribution >= 0.6 is 0 Å². The number of hydrogen-bond donors (Lipinski definition) is 1. The van der Waals surface area contributed by atoms with Crippen LogP contribution in [0.4, 0.5) is 11.4 Å². The molecule has 0 bridgehead atoms. The number of carbonyl (C=O) groups is 1. The second-order valence-electron chi connectivity index (χ2n) is 7.54. The zero-order valence-corrected chi connectivity index (χ0v) is 17.8. The van der Waals surface area contributed by atoms with Gasteiger partial charge in [0.15, 0.2) is 9.84 Å². The van der Waals surface area contributed by atoms with Crippen LogP contribution in [0.3, 0.4) is 0 Å². The van der Waals surface area contributed by atoms with Crippen LogP contribution in [0.5, 0.6) is 0 Å². The molecule has 1 amide bonds. The predicted octanol–water partition coefficient (Wildman–Crippen LogP) is 3.48. The number of benzene rings is 2. The predicted molar refractivity (Wildman–Crippen MR) is 115 cm³/mol. The standard InChI is InChI=1S/C21H25N3O5S/c1-15(16-6-9-18(10-7-16)30(2,28)29)22-21(25)19-14-17(24(26)27)8-11-20(19)23-12-4-3-5-13-23/h6-11,14-15H,3-5,12-13H2,1-2H3,(H,22,25). The molecule has 8 nitrogen and oxygen atoms in total. The van der Waals surface area contributed by atoms with Crippen LogP contribution in [0.15, 0.2) is 47.4 Å². The first-order valence-electron chi connectivity index (χ1n) is 9.81. The minimum atomic E-state index is -3.30. The Morgan fingerprint density at radius 3 is 2.30 bits per heavy atom. The van der Waals surface area contributed by atoms with Crippen molar-refractivity contribution in [3.05, 3.63) is 63.7 Å². The first kappa shape index (κ1) is 21.8. The number of piperidine rings is 1. The number of nitro groups is 1. The number of amides is 1. The Morgan fingerprint density at radius 2 is 1.73 bits per heavy atom. The van der Waals surface area contributed by atoms with Gasteiger partial charge in [-0.15, -0.1) is 0 Å². The van der Waals surface area contributed by atoms with Gasteiger partial charge >= 0.3 is 0 Å². The fraction of sp³-hybridized carbons (Fsp3) is 0.381. The van der Waals surface area contributed by atoms with Crippen molar-refractivity contribution in [1.82, 2.24) is 5.32 Å². The average molecular weight is 432 g/mol. The summed E-state index contributed by atoms with van der Waals surface area (Å²) in [6.07, 6.45) is 4.30. The number of nitrogens with one attached hydrogen (secondary N) is 1. The molecule has 30 heavy (non-hydrogen) atoms. The van der Waals surface area contributed by atoms with Crippen LogP contribution in [0, 0.1) is 10.1 Å². The van der Waals surface area contributed by atoms with Crippen LogP contribution in [-0.2, 0) is 9.84 Å². The Bertz CT molecular complexity index is 1040. The van der Waals surface area contributed by atoms with Crippen molar-refractivity contribution < 1.29 is 18.1 Å². The summed E-state index contributed by atoms with van der Waals surface area (Å²) in [7, 11) is -3.30. The lowest BCUT2D eigenvalue weighted by Gasteiger charge is -2.30. The minimum absolute atomic E-state index is 0.133. The molecule has 1 fully saturated rings. The maximum Gasteiger partial charge on any atom is 0.270 e. The molecule has 1 unspecified atom stereocenters. The highest BCUT2D eigenvalue weighted by molar-refractivity contribution is 7.90. The van der Waals surface area contributed by atoms with E-state index in [0.29, 0.717) is 5.69 Å². The first-order chi connectivity index (χ1) is 14.2. The molecule has 3 rings (SSSR count). The summed E-state index contributed by atoms with van der Waals surface area (Å²) in [6.45, 7) is 3.40. The van der Waals surface area contributed by atoms with Gasteiger partial charge in [-0.3, -0.25) is 14.9 Å². The summed E-state index contributed by atoms with van der Waals surface area (Å²) in [5.74, 6) is -0.404. The number of hydrogen-bond acceptors (Lipinski definition) is 6. The monoisotopic (exact) mass is 431 g/mol. The van der Waals surface area contributed by atoms with E-state index in [1.807, 2.05) is 0 Å². The molecule has 2 aromatic carbocycles. The quantitative estimate of drug-likeness (QED) is 0.554. The van der Waals surface area contributed by atoms with E-state index in [9.17, 15) is 23.3 Å². The SMILES string of the molecule is CC(NC(=O)c1cc([N+](=O)[O-])ccc1N1CCCCC1)c1ccc(S(C)(=O)=O)cc1. The zero-order chi connectivity index (χ0) is 21.9. The highest BCUT2D eigenvalue weighted by Crippen LogP contribution is 2.29. The molecule has 1 aliphatic heterocycles. The molecule has 160 valence electrons. The third kappa shape index (κ3) is 4.96. The number of carbonyl (C=O) groups excluding carboxylic acids is 1. The van der Waals surface area contributed by atoms with E-state index in [2.05, 4.69) is 10.2 Å². The van der Waals surface area contributed by atoms with Crippen molar-refractivity contribution in [3.63, 3.8) is 0 Å². The van der Waals surface area contributed by atoms with Gasteiger partial charge in [0.2, 0.25) is 0 Å². The molecule has 0 radical (unpaired) electrons. The molecule has 1 aliphatic rings. The van der Waals surface area contributed by atoms with Crippen molar-refractivity contribution in [2.75, 3.05) is 24.2 Å². The third-order valence-corrected chi connectivity index (χ3v) is 6.42. The first-order valence-corrected chi connectivity index (χ1v) is 11.7. The second-order valence-corrected chi connectivity index (χ2v) is 9.56. The maximum atomic E-state index is 13.0. The molecule has 0 aliphatic carbocycles. The van der Waals surface area contributed by atoms with Crippen LogP contribution in [0.25, 0.3) is 0 Å². The molecule has 1 heterocycles. The topological polar surface area (TPSA) is 110 Å². The third-order valence-electron chi connectivity index (χ3n) is 5.29. The van der Waals surface area contributed by atoms with Gasteiger partial charge in [-0.1, -0.05) is 12.1 Å². The van der Waals surface area contributed by atoms with Crippen molar-refractivity contribution in [1.29, 1.82) is 0 Å². The molecule has 0 saturated carbocycles. The summed E-state index contributed by atoms with van der Waals surface area (Å²) in [5.41, 5.74) is 1.56. The number of sulfone groups is 1. The van der Waals surface area contributed by atoms with Gasteiger partial charge in [-0.2, -0.15) is 0 Å². The molecule has 9 heteroatoms. The lowest BCUT2D eigenvalue weighted by molar-refractivity contribution is -0.384. The molecule has 1 saturated heterocycles. The van der Waals surface area contributed by atoms with Crippen molar-refractivity contribution in [2.45, 2.75) is 37.1 Å². The van der Waals surface area contributed by atoms with Crippen molar-refractivity contribution in [3.8, 4) is 0 Å². The van der Waals surface area contributed by atoms with Crippen molar-refractivity contribution >= 4 is 27.1 Å². The van der Waals surface area contributed by atoms with E-state index in [4.69, 9.17) is 0 Å². The Labute approximate surface area is 176 Å². The van der Waals surface area contributed by atoms with Crippen LogP contribution in [0.2, 0.25) is 0 Å². The summed E-state index contributed by atoms with van der Waals surface area (Å²) < 4.78 is 23.2. The van der Waals surface area contributed by atoms with E-state index in [0.717, 1.165) is 44.2 Å². The number of rotatable bonds is 6. The van der Waals surface area contributed by atoms with Crippen LogP contribution < -0.4 is 10.2 Å². The second kappa shape index (κ2) is 8.83. The van der Waals surface area contributed by atoms with E-state index >= 15 is 0 Å². The normalized spacial score (nSPS) is 15.5. The lowest BCUT2D eigenvalue weighted by Crippen LogP contribution is -2.33. The number of non-ortho nitro benzene ring substituents is 1. The molecular weight excluding hydrogens is 406 g/mol. The fourth-order valence-electron chi connectivity index (χ4n) is 3.59. The molecule has 1 atom stereocenters. The molecule has 0 spiro atoms. The number of anilines is 1. The fourth-order valence-corrected chi connectivity index (χ4v) is 4.22. The van der Waals surface area contributed by atoms with Crippen molar-refractivity contribution in [2.24, 2.45) is 0 Å². The lowest BCUT2D eigenvalue weighted by atomic mass is 10.0. The molecular formula is C21H25N3O5S. The van der Waals surface area contributed by atoms with Gasteiger partial charge in [0, 0.05) is 31.5 Å². The van der Waals surface area contributed by atoms with Gasteiger partial charge < -0.3 is 10.2 Å². The highest BCUT2D eigenvalue weighted by Gasteiger charge is 2.23. The Balaban J connectivity index is 1.85. The Kier molecular flexibility index (Phi) is 6.40. The number of nitrogens with zero attached hydrogens (tertiary/aromatic N) is 2. The van der Waals surface area contributed by atoms with E-state index < -0.39 is 26.7 Å². The van der Waals surface area contributed by atoms with Gasteiger partial charge in [-0.05, 0) is 49.9 Å². The zero-order valence-electron chi connectivity index (χ0n) is 17.0. The minimum Gasteiger partial charge on any atom is -0.371 e. The van der Waals surface area contributed by atoms with Gasteiger partial charge in [0.05, 0.1) is 27.1 Å².